The van der Waals surface area contributed by atoms with Gasteiger partial charge in [-0.05, 0) is 38.5 Å². The third kappa shape index (κ3) is 13.0. The molecule has 0 fully saturated rings. The van der Waals surface area contributed by atoms with Crippen molar-refractivity contribution in [3.63, 3.8) is 0 Å². The Hall–Kier alpha value is -1.04. The predicted molar refractivity (Wildman–Crippen MR) is 77.6 cm³/mol. The molecule has 92 valence electrons. The van der Waals surface area contributed by atoms with Crippen molar-refractivity contribution < 1.29 is 0 Å². The van der Waals surface area contributed by atoms with E-state index in [9.17, 15) is 0 Å². The van der Waals surface area contributed by atoms with Crippen LogP contribution in [0, 0.1) is 11.8 Å². The van der Waals surface area contributed by atoms with Gasteiger partial charge in [0.2, 0.25) is 0 Å². The summed E-state index contributed by atoms with van der Waals surface area (Å²) in [4.78, 5) is 0. The summed E-state index contributed by atoms with van der Waals surface area (Å²) in [5, 5.41) is 0. The van der Waals surface area contributed by atoms with Crippen molar-refractivity contribution in [1.29, 1.82) is 0 Å². The minimum atomic E-state index is 0.917. The normalized spacial score (nSPS) is 22.5. The van der Waals surface area contributed by atoms with Crippen LogP contribution in [0.4, 0.5) is 0 Å². The largest absolute Gasteiger partial charge is 0.0991 e. The SMILES string of the molecule is C/C=C/C.C=CC=C.C[C@H]1CC=CC[C@@H]1C. The summed E-state index contributed by atoms with van der Waals surface area (Å²) in [6.45, 7) is 15.4. The molecule has 2 atom stereocenters. The van der Waals surface area contributed by atoms with Crippen molar-refractivity contribution in [2.45, 2.75) is 40.5 Å². The highest BCUT2D eigenvalue weighted by Crippen LogP contribution is 2.23. The Labute approximate surface area is 102 Å². The van der Waals surface area contributed by atoms with Gasteiger partial charge < -0.3 is 0 Å². The molecule has 0 amide bonds. The molecule has 0 unspecified atom stereocenters. The molecule has 0 aliphatic heterocycles. The van der Waals surface area contributed by atoms with Crippen LogP contribution in [0.3, 0.4) is 0 Å². The number of hydrogen-bond acceptors (Lipinski definition) is 0. The van der Waals surface area contributed by atoms with Gasteiger partial charge in [-0.1, -0.05) is 63.5 Å². The maximum Gasteiger partial charge on any atom is -0.0322 e. The molecule has 1 aliphatic rings. The van der Waals surface area contributed by atoms with Gasteiger partial charge in [0, 0.05) is 0 Å². The molecule has 0 aromatic heterocycles. The molecule has 0 N–H and O–H groups in total. The standard InChI is InChI=1S/C8H14.C4H8.C4H6/c1-7-5-3-4-6-8(7)2;2*1-3-4-2/h3-4,7-8H,5-6H2,1-2H3;3-4H,1-2H3;3-4H,1-2H2/b;4-3+;/t7-,8-;;/m0../s1. The van der Waals surface area contributed by atoms with Crippen molar-refractivity contribution in [3.05, 3.63) is 49.6 Å². The van der Waals surface area contributed by atoms with Crippen molar-refractivity contribution in [2.24, 2.45) is 11.8 Å². The van der Waals surface area contributed by atoms with Crippen LogP contribution in [0.15, 0.2) is 49.6 Å². The fourth-order valence-corrected chi connectivity index (χ4v) is 1.09. The van der Waals surface area contributed by atoms with E-state index in [1.807, 2.05) is 26.0 Å². The summed E-state index contributed by atoms with van der Waals surface area (Å²) >= 11 is 0. The molecule has 1 aliphatic carbocycles. The Balaban J connectivity index is 0. The zero-order chi connectivity index (χ0) is 12.8. The molecule has 0 saturated heterocycles. The Morgan fingerprint density at radius 2 is 1.19 bits per heavy atom. The zero-order valence-electron chi connectivity index (χ0n) is 11.4. The first kappa shape index (κ1) is 17.4. The minimum Gasteiger partial charge on any atom is -0.0991 e. The topological polar surface area (TPSA) is 0 Å². The first-order valence-corrected chi connectivity index (χ1v) is 6.09. The van der Waals surface area contributed by atoms with E-state index in [2.05, 4.69) is 39.2 Å². The molecule has 0 bridgehead atoms. The van der Waals surface area contributed by atoms with Gasteiger partial charge in [0.15, 0.2) is 0 Å². The average molecular weight is 220 g/mol. The molecule has 0 nitrogen and oxygen atoms in total. The molecule has 16 heavy (non-hydrogen) atoms. The van der Waals surface area contributed by atoms with E-state index >= 15 is 0 Å². The third-order valence-electron chi connectivity index (χ3n) is 2.65. The predicted octanol–water partition coefficient (Wildman–Crippen LogP) is 5.55. The lowest BCUT2D eigenvalue weighted by atomic mass is 9.86. The molecule has 0 saturated carbocycles. The fourth-order valence-electron chi connectivity index (χ4n) is 1.09. The van der Waals surface area contributed by atoms with Gasteiger partial charge >= 0.3 is 0 Å². The summed E-state index contributed by atoms with van der Waals surface area (Å²) in [7, 11) is 0. The van der Waals surface area contributed by atoms with Gasteiger partial charge in [-0.3, -0.25) is 0 Å². The molecule has 0 spiro atoms. The summed E-state index contributed by atoms with van der Waals surface area (Å²) in [6, 6.07) is 0. The molecule has 0 aromatic rings. The molecule has 0 heteroatoms. The molecule has 0 radical (unpaired) electrons. The van der Waals surface area contributed by atoms with Crippen LogP contribution in [-0.4, -0.2) is 0 Å². The van der Waals surface area contributed by atoms with E-state index in [4.69, 9.17) is 0 Å². The average Bonchev–Trinajstić information content (AvgIpc) is 2.33. The van der Waals surface area contributed by atoms with E-state index in [1.165, 1.54) is 12.8 Å². The molecule has 1 rings (SSSR count). The molecule has 0 aromatic carbocycles. The third-order valence-corrected chi connectivity index (χ3v) is 2.65. The van der Waals surface area contributed by atoms with E-state index in [0.717, 1.165) is 11.8 Å². The second-order valence-electron chi connectivity index (χ2n) is 4.04. The highest BCUT2D eigenvalue weighted by molar-refractivity contribution is 4.91. The summed E-state index contributed by atoms with van der Waals surface area (Å²) in [5.41, 5.74) is 0. The number of hydrogen-bond donors (Lipinski definition) is 0. The smallest absolute Gasteiger partial charge is 0.0322 e. The first-order valence-electron chi connectivity index (χ1n) is 6.09. The fraction of sp³-hybridized carbons (Fsp3) is 0.500. The van der Waals surface area contributed by atoms with Crippen LogP contribution < -0.4 is 0 Å². The Morgan fingerprint density at radius 3 is 1.31 bits per heavy atom. The lowest BCUT2D eigenvalue weighted by Gasteiger charge is -2.19. The van der Waals surface area contributed by atoms with E-state index in [-0.39, 0.29) is 0 Å². The highest BCUT2D eigenvalue weighted by atomic mass is 14.2. The lowest BCUT2D eigenvalue weighted by Crippen LogP contribution is -2.08. The number of allylic oxidation sites excluding steroid dienone is 6. The first-order chi connectivity index (χ1) is 7.63. The van der Waals surface area contributed by atoms with Crippen LogP contribution >= 0.6 is 0 Å². The summed E-state index contributed by atoms with van der Waals surface area (Å²) in [6.07, 6.45) is 14.5. The van der Waals surface area contributed by atoms with Crippen LogP contribution in [-0.2, 0) is 0 Å². The van der Waals surface area contributed by atoms with Crippen molar-refractivity contribution in [1.82, 2.24) is 0 Å². The van der Waals surface area contributed by atoms with E-state index in [0.29, 0.717) is 0 Å². The van der Waals surface area contributed by atoms with Gasteiger partial charge in [-0.25, -0.2) is 0 Å². The van der Waals surface area contributed by atoms with Gasteiger partial charge in [0.05, 0.1) is 0 Å². The zero-order valence-corrected chi connectivity index (χ0v) is 11.4. The Kier molecular flexibility index (Phi) is 15.1. The van der Waals surface area contributed by atoms with Crippen LogP contribution in [0.2, 0.25) is 0 Å². The number of rotatable bonds is 1. The quantitative estimate of drug-likeness (QED) is 0.401. The van der Waals surface area contributed by atoms with E-state index < -0.39 is 0 Å². The highest BCUT2D eigenvalue weighted by Gasteiger charge is 2.11. The summed E-state index contributed by atoms with van der Waals surface area (Å²) < 4.78 is 0. The molecule has 0 heterocycles. The van der Waals surface area contributed by atoms with Crippen LogP contribution in [0.25, 0.3) is 0 Å². The van der Waals surface area contributed by atoms with Crippen molar-refractivity contribution in [2.75, 3.05) is 0 Å². The van der Waals surface area contributed by atoms with Gasteiger partial charge in [-0.15, -0.1) is 0 Å². The second kappa shape index (κ2) is 14.0. The maximum atomic E-state index is 3.36. The van der Waals surface area contributed by atoms with Gasteiger partial charge in [0.1, 0.15) is 0 Å². The monoisotopic (exact) mass is 220 g/mol. The van der Waals surface area contributed by atoms with Gasteiger partial charge in [-0.2, -0.15) is 0 Å². The molecular formula is C16H28. The van der Waals surface area contributed by atoms with Crippen molar-refractivity contribution in [3.8, 4) is 0 Å². The van der Waals surface area contributed by atoms with E-state index in [1.54, 1.807) is 12.2 Å². The van der Waals surface area contributed by atoms with Crippen LogP contribution in [0.1, 0.15) is 40.5 Å². The second-order valence-corrected chi connectivity index (χ2v) is 4.04. The molecular weight excluding hydrogens is 192 g/mol. The van der Waals surface area contributed by atoms with Crippen LogP contribution in [0.5, 0.6) is 0 Å². The minimum absolute atomic E-state index is 0.917. The lowest BCUT2D eigenvalue weighted by molar-refractivity contribution is 0.380. The van der Waals surface area contributed by atoms with Gasteiger partial charge in [0.25, 0.3) is 0 Å². The van der Waals surface area contributed by atoms with Crippen molar-refractivity contribution >= 4 is 0 Å². The summed E-state index contributed by atoms with van der Waals surface area (Å²) in [5.74, 6) is 1.83. The Bertz CT molecular complexity index is 186. The Morgan fingerprint density at radius 1 is 0.875 bits per heavy atom. The maximum absolute atomic E-state index is 3.36.